The van der Waals surface area contributed by atoms with Crippen LogP contribution in [0.4, 0.5) is 20.4 Å². The van der Waals surface area contributed by atoms with Gasteiger partial charge in [-0.1, -0.05) is 0 Å². The molecule has 0 bridgehead atoms. The predicted molar refractivity (Wildman–Crippen MR) is 113 cm³/mol. The van der Waals surface area contributed by atoms with Crippen molar-refractivity contribution in [2.45, 2.75) is 25.3 Å². The molecular formula is C22H28F2N6. The minimum Gasteiger partial charge on any atom is -0.369 e. The second-order valence-electron chi connectivity index (χ2n) is 9.79. The van der Waals surface area contributed by atoms with Gasteiger partial charge in [-0.05, 0) is 50.4 Å². The van der Waals surface area contributed by atoms with Gasteiger partial charge in [-0.15, -0.1) is 0 Å². The summed E-state index contributed by atoms with van der Waals surface area (Å²) >= 11 is 0. The van der Waals surface area contributed by atoms with Crippen molar-refractivity contribution in [1.82, 2.24) is 20.2 Å². The minimum absolute atomic E-state index is 0.0482. The van der Waals surface area contributed by atoms with Crippen LogP contribution in [0.3, 0.4) is 0 Å². The topological polar surface area (TPSA) is 56.3 Å². The molecule has 30 heavy (non-hydrogen) atoms. The molecule has 4 atom stereocenters. The van der Waals surface area contributed by atoms with Gasteiger partial charge in [0.1, 0.15) is 0 Å². The molecule has 0 amide bonds. The summed E-state index contributed by atoms with van der Waals surface area (Å²) in [5, 5.41) is 7.67. The van der Waals surface area contributed by atoms with Gasteiger partial charge >= 0.3 is 0 Å². The average Bonchev–Trinajstić information content (AvgIpc) is 3.19. The van der Waals surface area contributed by atoms with E-state index in [0.29, 0.717) is 29.2 Å². The van der Waals surface area contributed by atoms with Gasteiger partial charge in [-0.3, -0.25) is 0 Å². The maximum absolute atomic E-state index is 13.6. The standard InChI is InChI=1S/C22H28F2N6/c1-29-9-15-16(10-29)19(15)28-21-26-8-14-6-13(20(23)24)7-17(18(14)27-21)30-5-3-22(12-30)2-4-25-11-22/h6-8,15-16,19-20,25H,2-5,9-12H2,1H3,(H,26,27,28)/t15-,16+,19?,22?. The Morgan fingerprint density at radius 1 is 1.23 bits per heavy atom. The van der Waals surface area contributed by atoms with Crippen molar-refractivity contribution in [2.24, 2.45) is 17.3 Å². The maximum atomic E-state index is 13.6. The van der Waals surface area contributed by atoms with Crippen LogP contribution in [-0.2, 0) is 0 Å². The van der Waals surface area contributed by atoms with Gasteiger partial charge in [0.05, 0.1) is 11.2 Å². The highest BCUT2D eigenvalue weighted by molar-refractivity contribution is 5.92. The Labute approximate surface area is 175 Å². The van der Waals surface area contributed by atoms with E-state index < -0.39 is 6.43 Å². The van der Waals surface area contributed by atoms with E-state index in [0.717, 1.165) is 63.3 Å². The lowest BCUT2D eigenvalue weighted by Crippen LogP contribution is -2.29. The van der Waals surface area contributed by atoms with Crippen molar-refractivity contribution in [3.05, 3.63) is 23.9 Å². The zero-order valence-electron chi connectivity index (χ0n) is 17.2. The summed E-state index contributed by atoms with van der Waals surface area (Å²) in [6.45, 7) is 6.06. The SMILES string of the molecule is CN1C[C@@H]2C(Nc3ncc4cc(C(F)F)cc(N5CCC6(CCNC6)C5)c4n3)[C@@H]2C1. The number of nitrogens with one attached hydrogen (secondary N) is 2. The molecule has 3 aliphatic heterocycles. The zero-order chi connectivity index (χ0) is 20.5. The number of aromatic nitrogens is 2. The Hall–Kier alpha value is -2.06. The van der Waals surface area contributed by atoms with Crippen LogP contribution in [0.5, 0.6) is 0 Å². The fraction of sp³-hybridized carbons (Fsp3) is 0.636. The molecule has 1 aliphatic carbocycles. The first kappa shape index (κ1) is 18.7. The van der Waals surface area contributed by atoms with Gasteiger partial charge in [-0.25, -0.2) is 18.7 Å². The van der Waals surface area contributed by atoms with Crippen LogP contribution in [0.25, 0.3) is 10.9 Å². The highest BCUT2D eigenvalue weighted by Gasteiger charge is 2.55. The molecule has 0 radical (unpaired) electrons. The lowest BCUT2D eigenvalue weighted by atomic mass is 9.86. The van der Waals surface area contributed by atoms with E-state index in [1.54, 1.807) is 12.3 Å². The van der Waals surface area contributed by atoms with Crippen LogP contribution < -0.4 is 15.5 Å². The van der Waals surface area contributed by atoms with E-state index in [4.69, 9.17) is 4.98 Å². The number of piperidine rings is 1. The number of fused-ring (bicyclic) bond motifs is 2. The van der Waals surface area contributed by atoms with Crippen molar-refractivity contribution >= 4 is 22.5 Å². The summed E-state index contributed by atoms with van der Waals surface area (Å²) in [6.07, 6.45) is 1.44. The highest BCUT2D eigenvalue weighted by atomic mass is 19.3. The van der Waals surface area contributed by atoms with Crippen molar-refractivity contribution in [1.29, 1.82) is 0 Å². The van der Waals surface area contributed by atoms with Crippen molar-refractivity contribution < 1.29 is 8.78 Å². The first-order chi connectivity index (χ1) is 14.5. The third kappa shape index (κ3) is 3.03. The quantitative estimate of drug-likeness (QED) is 0.803. The zero-order valence-corrected chi connectivity index (χ0v) is 17.2. The number of rotatable bonds is 4. The molecule has 2 N–H and O–H groups in total. The number of halogens is 2. The van der Waals surface area contributed by atoms with Gasteiger partial charge in [0.2, 0.25) is 5.95 Å². The van der Waals surface area contributed by atoms with E-state index in [2.05, 4.69) is 32.5 Å². The molecule has 2 aromatic rings. The minimum atomic E-state index is -2.50. The van der Waals surface area contributed by atoms with E-state index in [1.807, 2.05) is 0 Å². The number of anilines is 2. The van der Waals surface area contributed by atoms with Crippen LogP contribution >= 0.6 is 0 Å². The van der Waals surface area contributed by atoms with E-state index in [-0.39, 0.29) is 11.0 Å². The molecule has 1 saturated carbocycles. The van der Waals surface area contributed by atoms with Crippen molar-refractivity contribution in [3.8, 4) is 0 Å². The first-order valence-electron chi connectivity index (χ1n) is 11.0. The second kappa shape index (κ2) is 6.72. The van der Waals surface area contributed by atoms with E-state index in [9.17, 15) is 8.78 Å². The Kier molecular flexibility index (Phi) is 4.19. The Bertz CT molecular complexity index is 963. The van der Waals surface area contributed by atoms with Gasteiger partial charge in [0.25, 0.3) is 6.43 Å². The molecule has 1 aromatic carbocycles. The number of hydrogen-bond acceptors (Lipinski definition) is 6. The van der Waals surface area contributed by atoms with Crippen molar-refractivity contribution in [3.63, 3.8) is 0 Å². The molecular weight excluding hydrogens is 386 g/mol. The fourth-order valence-corrected chi connectivity index (χ4v) is 5.97. The van der Waals surface area contributed by atoms with E-state index >= 15 is 0 Å². The number of alkyl halides is 2. The Morgan fingerprint density at radius 2 is 2.07 bits per heavy atom. The van der Waals surface area contributed by atoms with Gasteiger partial charge in [-0.2, -0.15) is 0 Å². The van der Waals surface area contributed by atoms with E-state index in [1.165, 1.54) is 6.07 Å². The average molecular weight is 415 g/mol. The Morgan fingerprint density at radius 3 is 2.80 bits per heavy atom. The molecule has 3 saturated heterocycles. The number of likely N-dealkylation sites (tertiary alicyclic amines) is 1. The molecule has 1 spiro atoms. The molecule has 4 fully saturated rings. The summed E-state index contributed by atoms with van der Waals surface area (Å²) < 4.78 is 27.2. The molecule has 2 unspecified atom stereocenters. The van der Waals surface area contributed by atoms with Gasteiger partial charge in [0, 0.05) is 61.3 Å². The van der Waals surface area contributed by atoms with Crippen LogP contribution in [0, 0.1) is 17.3 Å². The van der Waals surface area contributed by atoms with Gasteiger partial charge in [0.15, 0.2) is 0 Å². The normalized spacial score (nSPS) is 33.2. The summed E-state index contributed by atoms with van der Waals surface area (Å²) in [5.74, 6) is 1.96. The molecule has 4 heterocycles. The smallest absolute Gasteiger partial charge is 0.263 e. The highest BCUT2D eigenvalue weighted by Crippen LogP contribution is 2.46. The van der Waals surface area contributed by atoms with Crippen LogP contribution in [0.1, 0.15) is 24.8 Å². The summed E-state index contributed by atoms with van der Waals surface area (Å²) in [5.41, 5.74) is 1.92. The first-order valence-corrected chi connectivity index (χ1v) is 11.0. The molecule has 1 aromatic heterocycles. The summed E-state index contributed by atoms with van der Waals surface area (Å²) in [6, 6.07) is 3.62. The molecule has 6 rings (SSSR count). The van der Waals surface area contributed by atoms with Crippen LogP contribution in [-0.4, -0.2) is 67.2 Å². The number of benzene rings is 1. The summed E-state index contributed by atoms with van der Waals surface area (Å²) in [4.78, 5) is 13.9. The molecule has 160 valence electrons. The monoisotopic (exact) mass is 414 g/mol. The van der Waals surface area contributed by atoms with Gasteiger partial charge < -0.3 is 20.4 Å². The number of hydrogen-bond donors (Lipinski definition) is 2. The Balaban J connectivity index is 1.33. The lowest BCUT2D eigenvalue weighted by molar-refractivity contribution is 0.151. The number of nitrogens with zero attached hydrogens (tertiary/aromatic N) is 4. The second-order valence-corrected chi connectivity index (χ2v) is 9.79. The van der Waals surface area contributed by atoms with Crippen molar-refractivity contribution in [2.75, 3.05) is 56.5 Å². The lowest BCUT2D eigenvalue weighted by Gasteiger charge is -2.25. The summed E-state index contributed by atoms with van der Waals surface area (Å²) in [7, 11) is 2.16. The molecule has 8 heteroatoms. The third-order valence-corrected chi connectivity index (χ3v) is 7.72. The third-order valence-electron chi connectivity index (χ3n) is 7.72. The van der Waals surface area contributed by atoms with Crippen LogP contribution in [0.2, 0.25) is 0 Å². The molecule has 4 aliphatic rings. The largest absolute Gasteiger partial charge is 0.369 e. The molecule has 6 nitrogen and oxygen atoms in total. The van der Waals surface area contributed by atoms with Crippen LogP contribution in [0.15, 0.2) is 18.3 Å². The maximum Gasteiger partial charge on any atom is 0.263 e. The fourth-order valence-electron chi connectivity index (χ4n) is 5.97. The predicted octanol–water partition coefficient (Wildman–Crippen LogP) is 2.73.